The number of para-hydroxylation sites is 1. The number of allylic oxidation sites excluding steroid dienone is 1. The summed E-state index contributed by atoms with van der Waals surface area (Å²) < 4.78 is 5.26. The number of piperidine rings is 1. The first kappa shape index (κ1) is 17.2. The van der Waals surface area contributed by atoms with E-state index in [0.29, 0.717) is 6.42 Å². The van der Waals surface area contributed by atoms with Crippen molar-refractivity contribution in [1.29, 1.82) is 0 Å². The van der Waals surface area contributed by atoms with Gasteiger partial charge in [0.25, 0.3) is 0 Å². The van der Waals surface area contributed by atoms with Crippen LogP contribution in [0.5, 0.6) is 5.75 Å². The largest absolute Gasteiger partial charge is 0.496 e. The van der Waals surface area contributed by atoms with Crippen LogP contribution in [0.25, 0.3) is 6.08 Å². The number of methoxy groups -OCH3 is 1. The second-order valence-electron chi connectivity index (χ2n) is 5.57. The Morgan fingerprint density at radius 1 is 1.30 bits per heavy atom. The molecule has 0 saturated carbocycles. The second-order valence-corrected chi connectivity index (χ2v) is 5.57. The number of hydrogen-bond acceptors (Lipinski definition) is 4. The summed E-state index contributed by atoms with van der Waals surface area (Å²) in [6.07, 6.45) is 9.54. The van der Waals surface area contributed by atoms with Crippen molar-refractivity contribution in [3.63, 3.8) is 0 Å². The molecule has 0 unspecified atom stereocenters. The molecule has 1 aromatic rings. The van der Waals surface area contributed by atoms with E-state index in [1.807, 2.05) is 30.3 Å². The van der Waals surface area contributed by atoms with E-state index in [-0.39, 0.29) is 5.91 Å². The average molecular weight is 315 g/mol. The van der Waals surface area contributed by atoms with E-state index in [1.165, 1.54) is 19.3 Å². The fourth-order valence-corrected chi connectivity index (χ4v) is 2.60. The minimum absolute atomic E-state index is 0.0440. The first-order valence-electron chi connectivity index (χ1n) is 8.13. The van der Waals surface area contributed by atoms with E-state index in [1.54, 1.807) is 19.4 Å². The molecule has 0 spiro atoms. The molecule has 124 valence electrons. The van der Waals surface area contributed by atoms with Crippen molar-refractivity contribution in [3.8, 4) is 5.75 Å². The molecule has 0 atom stereocenters. The highest BCUT2D eigenvalue weighted by atomic mass is 16.5. The maximum absolute atomic E-state index is 11.7. The quantitative estimate of drug-likeness (QED) is 0.622. The Morgan fingerprint density at radius 2 is 2.09 bits per heavy atom. The molecule has 23 heavy (non-hydrogen) atoms. The van der Waals surface area contributed by atoms with Crippen LogP contribution in [0, 0.1) is 0 Å². The summed E-state index contributed by atoms with van der Waals surface area (Å²) in [6, 6.07) is 7.73. The number of hydrogen-bond donors (Lipinski definition) is 1. The lowest BCUT2D eigenvalue weighted by atomic mass is 10.1. The molecule has 0 aromatic heterocycles. The lowest BCUT2D eigenvalue weighted by Crippen LogP contribution is -2.33. The summed E-state index contributed by atoms with van der Waals surface area (Å²) in [5, 5.41) is 3.93. The molecule has 5 heteroatoms. The molecule has 1 aromatic carbocycles. The molecule has 1 aliphatic rings. The predicted octanol–water partition coefficient (Wildman–Crippen LogP) is 2.69. The smallest absolute Gasteiger partial charge is 0.241 e. The molecule has 1 aliphatic heterocycles. The number of hydrazone groups is 1. The van der Waals surface area contributed by atoms with Crippen LogP contribution < -0.4 is 10.2 Å². The van der Waals surface area contributed by atoms with Gasteiger partial charge in [0.2, 0.25) is 5.91 Å². The summed E-state index contributed by atoms with van der Waals surface area (Å²) in [4.78, 5) is 14.1. The molecule has 1 amide bonds. The lowest BCUT2D eigenvalue weighted by Gasteiger charge is -2.25. The minimum Gasteiger partial charge on any atom is -0.496 e. The average Bonchev–Trinajstić information content (AvgIpc) is 2.61. The number of carbonyl (C=O) groups excluding carboxylic acids is 1. The zero-order chi connectivity index (χ0) is 16.3. The molecule has 0 radical (unpaired) electrons. The van der Waals surface area contributed by atoms with Crippen LogP contribution in [0.1, 0.15) is 31.2 Å². The van der Waals surface area contributed by atoms with Gasteiger partial charge >= 0.3 is 0 Å². The number of carbonyl (C=O) groups is 1. The molecule has 1 saturated heterocycles. The summed E-state index contributed by atoms with van der Waals surface area (Å²) in [5.74, 6) is 0.764. The summed E-state index contributed by atoms with van der Waals surface area (Å²) >= 11 is 0. The number of amides is 1. The number of nitrogens with one attached hydrogen (secondary N) is 1. The first-order chi connectivity index (χ1) is 11.3. The van der Waals surface area contributed by atoms with Crippen LogP contribution in [0.3, 0.4) is 0 Å². The van der Waals surface area contributed by atoms with Crippen molar-refractivity contribution in [2.45, 2.75) is 25.7 Å². The Balaban J connectivity index is 1.69. The zero-order valence-electron chi connectivity index (χ0n) is 13.7. The van der Waals surface area contributed by atoms with Gasteiger partial charge < -0.3 is 9.64 Å². The third-order valence-corrected chi connectivity index (χ3v) is 3.87. The fraction of sp³-hybridized carbons (Fsp3) is 0.444. The molecule has 5 nitrogen and oxygen atoms in total. The Morgan fingerprint density at radius 3 is 2.87 bits per heavy atom. The van der Waals surface area contributed by atoms with Crippen molar-refractivity contribution >= 4 is 18.2 Å². The second kappa shape index (κ2) is 9.79. The van der Waals surface area contributed by atoms with E-state index in [0.717, 1.165) is 30.9 Å². The Hall–Kier alpha value is -2.14. The summed E-state index contributed by atoms with van der Waals surface area (Å²) in [7, 11) is 1.64. The van der Waals surface area contributed by atoms with E-state index in [9.17, 15) is 4.79 Å². The zero-order valence-corrected chi connectivity index (χ0v) is 13.7. The van der Waals surface area contributed by atoms with Gasteiger partial charge in [0, 0.05) is 24.7 Å². The minimum atomic E-state index is -0.0440. The van der Waals surface area contributed by atoms with Crippen LogP contribution in [0.4, 0.5) is 0 Å². The summed E-state index contributed by atoms with van der Waals surface area (Å²) in [5.41, 5.74) is 3.53. The van der Waals surface area contributed by atoms with Gasteiger partial charge in [-0.1, -0.05) is 24.6 Å². The number of rotatable bonds is 7. The normalized spacial score (nSPS) is 16.0. The monoisotopic (exact) mass is 315 g/mol. The number of nitrogens with zero attached hydrogens (tertiary/aromatic N) is 2. The van der Waals surface area contributed by atoms with Gasteiger partial charge in [-0.3, -0.25) is 4.79 Å². The van der Waals surface area contributed by atoms with Crippen LogP contribution in [0.2, 0.25) is 0 Å². The highest BCUT2D eigenvalue weighted by Gasteiger charge is 2.11. The van der Waals surface area contributed by atoms with Gasteiger partial charge in [0.15, 0.2) is 0 Å². The molecule has 2 rings (SSSR count). The van der Waals surface area contributed by atoms with Crippen LogP contribution >= 0.6 is 0 Å². The van der Waals surface area contributed by atoms with Crippen molar-refractivity contribution in [2.24, 2.45) is 5.10 Å². The number of benzene rings is 1. The molecule has 1 fully saturated rings. The molecule has 0 aliphatic carbocycles. The Bertz CT molecular complexity index is 549. The van der Waals surface area contributed by atoms with E-state index in [4.69, 9.17) is 4.74 Å². The van der Waals surface area contributed by atoms with Gasteiger partial charge in [-0.25, -0.2) is 5.43 Å². The fourth-order valence-electron chi connectivity index (χ4n) is 2.60. The van der Waals surface area contributed by atoms with E-state index >= 15 is 0 Å². The van der Waals surface area contributed by atoms with Crippen LogP contribution in [-0.2, 0) is 4.79 Å². The maximum Gasteiger partial charge on any atom is 0.241 e. The molecule has 0 bridgehead atoms. The highest BCUT2D eigenvalue weighted by Crippen LogP contribution is 2.18. The van der Waals surface area contributed by atoms with Gasteiger partial charge in [-0.15, -0.1) is 0 Å². The predicted molar refractivity (Wildman–Crippen MR) is 93.6 cm³/mol. The van der Waals surface area contributed by atoms with E-state index in [2.05, 4.69) is 15.4 Å². The van der Waals surface area contributed by atoms with Gasteiger partial charge in [-0.05, 0) is 44.1 Å². The van der Waals surface area contributed by atoms with Crippen LogP contribution in [0.15, 0.2) is 35.4 Å². The van der Waals surface area contributed by atoms with Crippen molar-refractivity contribution < 1.29 is 9.53 Å². The highest BCUT2D eigenvalue weighted by molar-refractivity contribution is 5.82. The number of likely N-dealkylation sites (tertiary alicyclic amines) is 1. The van der Waals surface area contributed by atoms with Gasteiger partial charge in [0.1, 0.15) is 5.75 Å². The summed E-state index contributed by atoms with van der Waals surface area (Å²) in [6.45, 7) is 3.04. The topological polar surface area (TPSA) is 53.9 Å². The molecular formula is C18H25N3O2. The SMILES string of the molecule is COc1ccccc1/C=C/C=N/NC(=O)CCN1CCCCC1. The first-order valence-corrected chi connectivity index (χ1v) is 8.13. The third kappa shape index (κ3) is 6.24. The lowest BCUT2D eigenvalue weighted by molar-refractivity contribution is -0.121. The van der Waals surface area contributed by atoms with Gasteiger partial charge in [0.05, 0.1) is 7.11 Å². The molecular weight excluding hydrogens is 290 g/mol. The van der Waals surface area contributed by atoms with E-state index < -0.39 is 0 Å². The third-order valence-electron chi connectivity index (χ3n) is 3.87. The van der Waals surface area contributed by atoms with Crippen molar-refractivity contribution in [2.75, 3.05) is 26.7 Å². The molecule has 1 N–H and O–H groups in total. The Labute approximate surface area is 138 Å². The van der Waals surface area contributed by atoms with Crippen molar-refractivity contribution in [1.82, 2.24) is 10.3 Å². The standard InChI is InChI=1S/C18H25N3O2/c1-23-17-10-4-3-8-16(17)9-7-12-19-20-18(22)11-15-21-13-5-2-6-14-21/h3-4,7-10,12H,2,5-6,11,13-15H2,1H3,(H,20,22)/b9-7+,19-12+. The Kier molecular flexibility index (Phi) is 7.33. The van der Waals surface area contributed by atoms with Crippen LogP contribution in [-0.4, -0.2) is 43.8 Å². The number of ether oxygens (including phenoxy) is 1. The van der Waals surface area contributed by atoms with Gasteiger partial charge in [-0.2, -0.15) is 5.10 Å². The maximum atomic E-state index is 11.7. The van der Waals surface area contributed by atoms with Crippen molar-refractivity contribution in [3.05, 3.63) is 35.9 Å². The molecule has 1 heterocycles.